The maximum absolute atomic E-state index is 14.5. The monoisotopic (exact) mass is 1450 g/mol. The van der Waals surface area contributed by atoms with E-state index in [9.17, 15) is 72.9 Å². The van der Waals surface area contributed by atoms with Crippen molar-refractivity contribution in [3.63, 3.8) is 0 Å². The molecule has 0 aromatic heterocycles. The number of aliphatic imine (C=N–C) groups is 4. The van der Waals surface area contributed by atoms with E-state index in [0.717, 1.165) is 0 Å². The summed E-state index contributed by atoms with van der Waals surface area (Å²) in [5.74, 6) is -15.4. The third-order valence-electron chi connectivity index (χ3n) is 16.3. The maximum Gasteiger partial charge on any atom is 0.326 e. The first-order chi connectivity index (χ1) is 47.7. The lowest BCUT2D eigenvalue weighted by Crippen LogP contribution is -2.63. The minimum atomic E-state index is -1.68. The predicted molar refractivity (Wildman–Crippen MR) is 384 cm³/mol. The highest BCUT2D eigenvalue weighted by Gasteiger charge is 2.40. The maximum atomic E-state index is 14.5. The van der Waals surface area contributed by atoms with Gasteiger partial charge in [-0.3, -0.25) is 72.7 Å². The summed E-state index contributed by atoms with van der Waals surface area (Å²) in [5.41, 5.74) is 49.7. The highest BCUT2D eigenvalue weighted by atomic mass is 16.4. The van der Waals surface area contributed by atoms with Gasteiger partial charge in [-0.25, -0.2) is 4.79 Å². The first kappa shape index (κ1) is 92.6. The predicted octanol–water partition coefficient (Wildman–Crippen LogP) is -6.96. The van der Waals surface area contributed by atoms with Crippen molar-refractivity contribution in [2.24, 2.45) is 107 Å². The van der Waals surface area contributed by atoms with Crippen LogP contribution in [-0.4, -0.2) is 222 Å². The molecule has 102 heavy (non-hydrogen) atoms. The van der Waals surface area contributed by atoms with Gasteiger partial charge < -0.3 is 125 Å². The van der Waals surface area contributed by atoms with Crippen LogP contribution < -0.4 is 110 Å². The Hall–Kier alpha value is -9.40. The van der Waals surface area contributed by atoms with Gasteiger partial charge in [0.25, 0.3) is 0 Å². The normalized spacial score (nSPS) is 15.3. The van der Waals surface area contributed by atoms with Crippen molar-refractivity contribution in [1.29, 1.82) is 0 Å². The Morgan fingerprint density at radius 3 is 0.902 bits per heavy atom. The zero-order valence-electron chi connectivity index (χ0n) is 61.1. The first-order valence-electron chi connectivity index (χ1n) is 34.4. The molecule has 0 rings (SSSR count). The van der Waals surface area contributed by atoms with Gasteiger partial charge in [0.2, 0.25) is 65.0 Å². The molecule has 0 aromatic rings. The number of hydrogen-bond donors (Lipinski definition) is 23. The highest BCUT2D eigenvalue weighted by Crippen LogP contribution is 2.17. The van der Waals surface area contributed by atoms with Crippen molar-refractivity contribution in [1.82, 2.24) is 58.5 Å². The topological polar surface area (TPSA) is 681 Å². The second kappa shape index (κ2) is 48.4. The van der Waals surface area contributed by atoms with Crippen molar-refractivity contribution in [2.45, 2.75) is 226 Å². The molecule has 0 unspecified atom stereocenters. The number of aliphatic hydroxyl groups excluding tert-OH is 2. The Bertz CT molecular complexity index is 2840. The second-order valence-electron chi connectivity index (χ2n) is 26.5. The van der Waals surface area contributed by atoms with Crippen molar-refractivity contribution in [2.75, 3.05) is 39.4 Å². The summed E-state index contributed by atoms with van der Waals surface area (Å²) < 4.78 is 0. The molecule has 0 aliphatic rings. The quantitative estimate of drug-likeness (QED) is 0.0153. The summed E-state index contributed by atoms with van der Waals surface area (Å²) >= 11 is 0. The molecule has 0 aromatic carbocycles. The van der Waals surface area contributed by atoms with Crippen LogP contribution in [0.25, 0.3) is 0 Å². The van der Waals surface area contributed by atoms with Crippen LogP contribution in [0, 0.1) is 35.5 Å². The average Bonchev–Trinajstić information content (AvgIpc) is 0.847. The molecule has 0 radical (unpaired) electrons. The summed E-state index contributed by atoms with van der Waals surface area (Å²) in [6, 6.07) is -16.9. The lowest BCUT2D eigenvalue weighted by atomic mass is 9.94. The van der Waals surface area contributed by atoms with Crippen LogP contribution in [0.5, 0.6) is 0 Å². The van der Waals surface area contributed by atoms with Crippen LogP contribution in [0.1, 0.15) is 154 Å². The number of amides is 11. The number of rotatable bonds is 50. The van der Waals surface area contributed by atoms with Gasteiger partial charge in [0.05, 0.1) is 19.3 Å². The van der Waals surface area contributed by atoms with Crippen LogP contribution in [0.15, 0.2) is 20.0 Å². The number of nitrogens with one attached hydrogen (secondary N) is 11. The smallest absolute Gasteiger partial charge is 0.326 e. The molecule has 0 heterocycles. The van der Waals surface area contributed by atoms with E-state index < -0.39 is 186 Å². The molecule has 0 spiro atoms. The van der Waals surface area contributed by atoms with Gasteiger partial charge in [0, 0.05) is 26.2 Å². The minimum Gasteiger partial charge on any atom is -0.480 e. The van der Waals surface area contributed by atoms with Crippen LogP contribution in [0.2, 0.25) is 0 Å². The zero-order chi connectivity index (χ0) is 78.3. The van der Waals surface area contributed by atoms with Crippen molar-refractivity contribution < 1.29 is 72.9 Å². The summed E-state index contributed by atoms with van der Waals surface area (Å²) in [5, 5.41) is 58.7. The van der Waals surface area contributed by atoms with Gasteiger partial charge in [-0.15, -0.1) is 0 Å². The SMILES string of the molecule is CC[C@H](C)[C@H](NC(=O)[C@H](CCCN=C(N)N)NC(=O)[C@H](CO)NC(=O)[C@H](CC(C)C)NC(=O)[C@@H](N)CCCN=C(N)N)C(=O)N[C@H](C(=O)N[C@H](C(=O)N[C@H](C(=O)N[C@@H](CCCN=C(N)N)C(=O)N[C@H](C(=O)N[C@@H](CO)C(=O)N[C@@H](CCCN=C(N)N)C(=O)O)C(C)C)[C@@H](C)CC)C(C)C)C(C)C. The largest absolute Gasteiger partial charge is 0.480 e. The Balaban J connectivity index is 6.93. The van der Waals surface area contributed by atoms with Gasteiger partial charge in [0.15, 0.2) is 23.8 Å². The van der Waals surface area contributed by atoms with Crippen LogP contribution in [0.3, 0.4) is 0 Å². The molecule has 0 saturated carbocycles. The molecule has 0 aliphatic carbocycles. The van der Waals surface area contributed by atoms with E-state index in [1.807, 2.05) is 0 Å². The number of carbonyl (C=O) groups is 12. The van der Waals surface area contributed by atoms with E-state index in [2.05, 4.69) is 78.5 Å². The molecule has 11 amide bonds. The van der Waals surface area contributed by atoms with Gasteiger partial charge in [0.1, 0.15) is 66.5 Å². The van der Waals surface area contributed by atoms with E-state index in [0.29, 0.717) is 19.3 Å². The van der Waals surface area contributed by atoms with E-state index in [1.54, 1.807) is 83.1 Å². The van der Waals surface area contributed by atoms with Crippen molar-refractivity contribution in [3.05, 3.63) is 0 Å². The summed E-state index contributed by atoms with van der Waals surface area (Å²) in [6.45, 7) is 18.3. The van der Waals surface area contributed by atoms with Crippen LogP contribution >= 0.6 is 0 Å². The fraction of sp³-hybridized carbons (Fsp3) is 0.746. The Morgan fingerprint density at radius 2 is 0.569 bits per heavy atom. The van der Waals surface area contributed by atoms with Crippen molar-refractivity contribution >= 4 is 94.8 Å². The molecule has 32 N–H and O–H groups in total. The third-order valence-corrected chi connectivity index (χ3v) is 16.3. The van der Waals surface area contributed by atoms with E-state index in [4.69, 9.17) is 51.6 Å². The molecule has 582 valence electrons. The number of guanidine groups is 4. The van der Waals surface area contributed by atoms with Gasteiger partial charge >= 0.3 is 5.97 Å². The Labute approximate surface area is 596 Å². The molecule has 39 heteroatoms. The summed E-state index contributed by atoms with van der Waals surface area (Å²) in [7, 11) is 0. The fourth-order valence-corrected chi connectivity index (χ4v) is 9.91. The lowest BCUT2D eigenvalue weighted by Gasteiger charge is -2.32. The fourth-order valence-electron chi connectivity index (χ4n) is 9.91. The van der Waals surface area contributed by atoms with Gasteiger partial charge in [-0.2, -0.15) is 0 Å². The molecule has 0 saturated heterocycles. The minimum absolute atomic E-state index is 0.00464. The van der Waals surface area contributed by atoms with Crippen LogP contribution in [-0.2, 0) is 57.5 Å². The molecule has 39 nitrogen and oxygen atoms in total. The average molecular weight is 1450 g/mol. The standard InChI is InChI=1S/C63H120N24O15/c1-13-34(11)46(57(99)78-38(21-17-25-75-62(69)70)49(91)83-43(31(5)6)54(96)82-42(29-89)53(95)79-39(59(101)102)22-18-26-76-63(71)72)87-56(98)45(33(9)10)84-55(97)44(32(7)8)85-58(100)47(35(12)14-2)86-50(92)37(20-16-24-74-61(67)68)77-52(94)41(28-88)81-51(93)40(27-30(3)4)80-48(90)36(64)19-15-23-73-60(65)66/h30-47,88-89H,13-29,64H2,1-12H3,(H,77,94)(H,78,99)(H,79,95)(H,80,90)(H,81,93)(H,82,96)(H,83,91)(H,84,97)(H,85,100)(H,86,92)(H,87,98)(H,101,102)(H4,65,66,73)(H4,67,68,74)(H4,69,70,75)(H4,71,72,76)/t34-,35-,36-,37-,38-,39-,40-,41-,42-,43-,44-,45-,46-,47-/m0/s1. The Kier molecular flexibility index (Phi) is 44.0. The lowest BCUT2D eigenvalue weighted by molar-refractivity contribution is -0.143. The zero-order valence-corrected chi connectivity index (χ0v) is 61.1. The number of carbonyl (C=O) groups excluding carboxylic acids is 11. The molecule has 0 aliphatic heterocycles. The van der Waals surface area contributed by atoms with Crippen LogP contribution in [0.4, 0.5) is 0 Å². The third kappa shape index (κ3) is 35.8. The number of aliphatic carboxylic acids is 1. The van der Waals surface area contributed by atoms with Gasteiger partial charge in [-0.1, -0.05) is 95.9 Å². The van der Waals surface area contributed by atoms with Crippen molar-refractivity contribution in [3.8, 4) is 0 Å². The van der Waals surface area contributed by atoms with E-state index in [-0.39, 0.29) is 107 Å². The van der Waals surface area contributed by atoms with E-state index in [1.165, 1.54) is 0 Å². The molecular formula is C63H120N24O15. The first-order valence-corrected chi connectivity index (χ1v) is 34.4. The molecule has 14 atom stereocenters. The summed E-state index contributed by atoms with van der Waals surface area (Å²) in [6.07, 6.45) is 1.16. The number of nitrogens with zero attached hydrogens (tertiary/aromatic N) is 4. The molecular weight excluding hydrogens is 1330 g/mol. The summed E-state index contributed by atoms with van der Waals surface area (Å²) in [4.78, 5) is 182. The number of nitrogens with two attached hydrogens (primary N) is 9. The Morgan fingerprint density at radius 1 is 0.324 bits per heavy atom. The molecule has 0 fully saturated rings. The second-order valence-corrected chi connectivity index (χ2v) is 26.5. The highest BCUT2D eigenvalue weighted by molar-refractivity contribution is 6.00. The van der Waals surface area contributed by atoms with Gasteiger partial charge in [-0.05, 0) is 93.3 Å². The molecule has 0 bridgehead atoms. The number of hydrogen-bond acceptors (Lipinski definition) is 19. The van der Waals surface area contributed by atoms with E-state index >= 15 is 0 Å². The number of aliphatic hydroxyl groups is 2. The number of carboxylic acid groups (broad SMARTS) is 1. The number of carboxylic acids is 1.